The molecule has 0 saturated carbocycles. The van der Waals surface area contributed by atoms with Gasteiger partial charge in [0.15, 0.2) is 0 Å². The van der Waals surface area contributed by atoms with E-state index in [9.17, 15) is 4.79 Å². The number of aromatic nitrogens is 2. The van der Waals surface area contributed by atoms with Crippen LogP contribution in [0.1, 0.15) is 11.3 Å². The molecule has 0 unspecified atom stereocenters. The molecule has 0 amide bonds. The van der Waals surface area contributed by atoms with Gasteiger partial charge in [-0.1, -0.05) is 12.2 Å². The fraction of sp³-hybridized carbons (Fsp3) is 0.200. The van der Waals surface area contributed by atoms with Crippen molar-refractivity contribution in [2.45, 2.75) is 6.92 Å². The number of aryl methyl sites for hydroxylation is 1. The Kier molecular flexibility index (Phi) is 1.96. The molecule has 0 fully saturated rings. The molecule has 0 radical (unpaired) electrons. The highest BCUT2D eigenvalue weighted by Gasteiger charge is 2.06. The van der Waals surface area contributed by atoms with E-state index in [0.717, 1.165) is 5.69 Å². The van der Waals surface area contributed by atoms with Crippen LogP contribution in [0.3, 0.4) is 0 Å². The van der Waals surface area contributed by atoms with Gasteiger partial charge >= 0.3 is 0 Å². The molecule has 0 aliphatic rings. The van der Waals surface area contributed by atoms with Gasteiger partial charge in [0.25, 0.3) is 5.56 Å². The number of hydrogen-bond acceptors (Lipinski definition) is 2. The van der Waals surface area contributed by atoms with Gasteiger partial charge in [0, 0.05) is 5.69 Å². The van der Waals surface area contributed by atoms with Crippen molar-refractivity contribution in [3.8, 4) is 0 Å². The molecule has 0 saturated heterocycles. The molecular formula is C5H6N2OS2. The highest BCUT2D eigenvalue weighted by atomic mass is 32.1. The third-order valence-electron chi connectivity index (χ3n) is 1.18. The number of rotatable bonds is 1. The molecule has 5 heteroatoms. The summed E-state index contributed by atoms with van der Waals surface area (Å²) in [5, 5.41) is 5.05. The number of thiol groups is 1. The minimum atomic E-state index is -0.211. The monoisotopic (exact) mass is 174 g/mol. The van der Waals surface area contributed by atoms with E-state index in [4.69, 9.17) is 12.2 Å². The zero-order chi connectivity index (χ0) is 7.72. The van der Waals surface area contributed by atoms with Crippen LogP contribution in [0, 0.1) is 6.92 Å². The smallest absolute Gasteiger partial charge is 0.273 e. The minimum Gasteiger partial charge on any atom is -0.302 e. The summed E-state index contributed by atoms with van der Waals surface area (Å²) in [7, 11) is 0. The Labute approximate surface area is 68.2 Å². The van der Waals surface area contributed by atoms with Gasteiger partial charge in [0.1, 0.15) is 0 Å². The standard InChI is InChI=1S/C5H6N2OS2/c1-2-3(5(9)10)4(8)7-6-2/h1H3,(H,9,10)(H2,6,7,8). The third kappa shape index (κ3) is 1.15. The Morgan fingerprint density at radius 1 is 1.60 bits per heavy atom. The first-order chi connectivity index (χ1) is 4.63. The number of nitrogens with one attached hydrogen (secondary N) is 2. The SMILES string of the molecule is Cc1[nH][nH]c(=O)c1C(=S)S. The van der Waals surface area contributed by atoms with Gasteiger partial charge in [-0.25, -0.2) is 0 Å². The first-order valence-electron chi connectivity index (χ1n) is 2.63. The van der Waals surface area contributed by atoms with E-state index in [0.29, 0.717) is 9.76 Å². The van der Waals surface area contributed by atoms with E-state index in [1.807, 2.05) is 0 Å². The van der Waals surface area contributed by atoms with Crippen LogP contribution >= 0.6 is 24.8 Å². The van der Waals surface area contributed by atoms with Gasteiger partial charge in [-0.2, -0.15) is 0 Å². The summed E-state index contributed by atoms with van der Waals surface area (Å²) in [5.74, 6) is 0. The van der Waals surface area contributed by atoms with E-state index in [-0.39, 0.29) is 5.56 Å². The Morgan fingerprint density at radius 2 is 2.20 bits per heavy atom. The van der Waals surface area contributed by atoms with E-state index in [2.05, 4.69) is 22.8 Å². The molecule has 1 aromatic heterocycles. The fourth-order valence-electron chi connectivity index (χ4n) is 0.703. The second-order valence-electron chi connectivity index (χ2n) is 1.88. The molecule has 3 nitrogen and oxygen atoms in total. The maximum Gasteiger partial charge on any atom is 0.273 e. The van der Waals surface area contributed by atoms with Crippen LogP contribution in [0.4, 0.5) is 0 Å². The fourth-order valence-corrected chi connectivity index (χ4v) is 1.22. The normalized spacial score (nSPS) is 9.80. The van der Waals surface area contributed by atoms with Crippen LogP contribution in [0.15, 0.2) is 4.79 Å². The van der Waals surface area contributed by atoms with Crippen molar-refractivity contribution in [2.75, 3.05) is 0 Å². The zero-order valence-corrected chi connectivity index (χ0v) is 6.97. The molecule has 0 aliphatic heterocycles. The highest BCUT2D eigenvalue weighted by Crippen LogP contribution is 2.01. The van der Waals surface area contributed by atoms with Crippen LogP contribution in [0.5, 0.6) is 0 Å². The molecule has 0 bridgehead atoms. The number of aromatic amines is 2. The number of hydrogen-bond donors (Lipinski definition) is 3. The van der Waals surface area contributed by atoms with Crippen LogP contribution in [-0.2, 0) is 0 Å². The average molecular weight is 174 g/mol. The van der Waals surface area contributed by atoms with E-state index >= 15 is 0 Å². The lowest BCUT2D eigenvalue weighted by Gasteiger charge is -1.87. The molecule has 0 spiro atoms. The van der Waals surface area contributed by atoms with Gasteiger partial charge in [-0.15, -0.1) is 12.6 Å². The molecule has 10 heavy (non-hydrogen) atoms. The molecule has 1 aromatic rings. The first kappa shape index (κ1) is 7.56. The molecule has 1 heterocycles. The first-order valence-corrected chi connectivity index (χ1v) is 3.49. The molecule has 0 aliphatic carbocycles. The molecular weight excluding hydrogens is 168 g/mol. The molecule has 54 valence electrons. The maximum absolute atomic E-state index is 10.9. The van der Waals surface area contributed by atoms with Crippen molar-refractivity contribution >= 4 is 29.0 Å². The van der Waals surface area contributed by atoms with E-state index in [1.165, 1.54) is 0 Å². The van der Waals surface area contributed by atoms with Crippen LogP contribution in [0.2, 0.25) is 0 Å². The summed E-state index contributed by atoms with van der Waals surface area (Å²) in [6.07, 6.45) is 0. The van der Waals surface area contributed by atoms with Gasteiger partial charge in [-0.3, -0.25) is 9.89 Å². The summed E-state index contributed by atoms with van der Waals surface area (Å²) >= 11 is 8.60. The van der Waals surface area contributed by atoms with E-state index < -0.39 is 0 Å². The van der Waals surface area contributed by atoms with Gasteiger partial charge in [0.2, 0.25) is 0 Å². The summed E-state index contributed by atoms with van der Waals surface area (Å²) in [5.41, 5.74) is 0.973. The largest absolute Gasteiger partial charge is 0.302 e. The average Bonchev–Trinajstić information content (AvgIpc) is 2.11. The summed E-state index contributed by atoms with van der Waals surface area (Å²) < 4.78 is 0.319. The van der Waals surface area contributed by atoms with Crippen molar-refractivity contribution in [1.29, 1.82) is 0 Å². The lowest BCUT2D eigenvalue weighted by molar-refractivity contribution is 1.02. The quantitative estimate of drug-likeness (QED) is 0.432. The van der Waals surface area contributed by atoms with Crippen molar-refractivity contribution in [1.82, 2.24) is 10.2 Å². The van der Waals surface area contributed by atoms with Crippen molar-refractivity contribution in [3.63, 3.8) is 0 Å². The third-order valence-corrected chi connectivity index (χ3v) is 1.61. The van der Waals surface area contributed by atoms with Crippen LogP contribution < -0.4 is 5.56 Å². The van der Waals surface area contributed by atoms with Crippen LogP contribution in [-0.4, -0.2) is 14.4 Å². The van der Waals surface area contributed by atoms with Crippen molar-refractivity contribution in [3.05, 3.63) is 21.6 Å². The number of thiocarbonyl (C=S) groups is 1. The predicted molar refractivity (Wildman–Crippen MR) is 46.8 cm³/mol. The summed E-state index contributed by atoms with van der Waals surface area (Å²) in [6, 6.07) is 0. The lowest BCUT2D eigenvalue weighted by atomic mass is 10.3. The molecule has 2 N–H and O–H groups in total. The van der Waals surface area contributed by atoms with Crippen molar-refractivity contribution in [2.24, 2.45) is 0 Å². The summed E-state index contributed by atoms with van der Waals surface area (Å²) in [6.45, 7) is 1.76. The molecule has 0 aromatic carbocycles. The van der Waals surface area contributed by atoms with Gasteiger partial charge < -0.3 is 5.10 Å². The zero-order valence-electron chi connectivity index (χ0n) is 5.26. The highest BCUT2D eigenvalue weighted by molar-refractivity contribution is 8.11. The van der Waals surface area contributed by atoms with Crippen molar-refractivity contribution < 1.29 is 0 Å². The summed E-state index contributed by atoms with van der Waals surface area (Å²) in [4.78, 5) is 10.9. The maximum atomic E-state index is 10.9. The Bertz CT molecular complexity index is 312. The molecule has 0 atom stereocenters. The lowest BCUT2D eigenvalue weighted by Crippen LogP contribution is -2.07. The van der Waals surface area contributed by atoms with E-state index in [1.54, 1.807) is 6.92 Å². The van der Waals surface area contributed by atoms with Gasteiger partial charge in [-0.05, 0) is 6.92 Å². The topological polar surface area (TPSA) is 48.6 Å². The van der Waals surface area contributed by atoms with Crippen LogP contribution in [0.25, 0.3) is 0 Å². The predicted octanol–water partition coefficient (Wildman–Crippen LogP) is 0.617. The second-order valence-corrected chi connectivity index (χ2v) is 3.04. The second kappa shape index (κ2) is 2.59. The Balaban J connectivity index is 3.37. The Hall–Kier alpha value is -0.550. The number of H-pyrrole nitrogens is 2. The molecule has 1 rings (SSSR count). The Morgan fingerprint density at radius 3 is 2.40 bits per heavy atom. The minimum absolute atomic E-state index is 0.211. The van der Waals surface area contributed by atoms with Gasteiger partial charge in [0.05, 0.1) is 9.76 Å².